The second-order valence-electron chi connectivity index (χ2n) is 3.09. The highest BCUT2D eigenvalue weighted by atomic mass is 16.5. The zero-order valence-corrected chi connectivity index (χ0v) is 7.96. The van der Waals surface area contributed by atoms with E-state index in [0.717, 1.165) is 0 Å². The van der Waals surface area contributed by atoms with E-state index in [1.165, 1.54) is 0 Å². The van der Waals surface area contributed by atoms with Crippen molar-refractivity contribution in [2.24, 2.45) is 11.7 Å². The van der Waals surface area contributed by atoms with Crippen molar-refractivity contribution in [1.29, 1.82) is 0 Å². The molecule has 0 spiro atoms. The lowest BCUT2D eigenvalue weighted by Crippen LogP contribution is -2.40. The zero-order chi connectivity index (χ0) is 9.56. The Bertz CT molecular complexity index is 137. The number of nitrogens with two attached hydrogens (primary N) is 1. The van der Waals surface area contributed by atoms with Gasteiger partial charge < -0.3 is 15.8 Å². The molecule has 0 aliphatic heterocycles. The van der Waals surface area contributed by atoms with Crippen molar-refractivity contribution in [3.63, 3.8) is 0 Å². The van der Waals surface area contributed by atoms with Crippen LogP contribution in [0.1, 0.15) is 13.8 Å². The lowest BCUT2D eigenvalue weighted by molar-refractivity contribution is -0.122. The first-order chi connectivity index (χ1) is 5.57. The minimum atomic E-state index is -0.431. The van der Waals surface area contributed by atoms with Gasteiger partial charge in [-0.25, -0.2) is 0 Å². The van der Waals surface area contributed by atoms with Crippen molar-refractivity contribution in [3.8, 4) is 0 Å². The van der Waals surface area contributed by atoms with E-state index in [2.05, 4.69) is 5.32 Å². The summed E-state index contributed by atoms with van der Waals surface area (Å²) in [4.78, 5) is 11.0. The fourth-order valence-corrected chi connectivity index (χ4v) is 0.779. The maximum absolute atomic E-state index is 11.0. The van der Waals surface area contributed by atoms with Gasteiger partial charge in [0.1, 0.15) is 0 Å². The predicted molar refractivity (Wildman–Crippen MR) is 47.7 cm³/mol. The molecule has 0 fully saturated rings. The first-order valence-electron chi connectivity index (χ1n) is 4.10. The smallest absolute Gasteiger partial charge is 0.236 e. The minimum Gasteiger partial charge on any atom is -0.384 e. The van der Waals surface area contributed by atoms with Crippen molar-refractivity contribution in [3.05, 3.63) is 0 Å². The largest absolute Gasteiger partial charge is 0.384 e. The van der Waals surface area contributed by atoms with Crippen LogP contribution in [0.4, 0.5) is 0 Å². The van der Waals surface area contributed by atoms with Gasteiger partial charge in [0.15, 0.2) is 0 Å². The van der Waals surface area contributed by atoms with Gasteiger partial charge in [-0.3, -0.25) is 4.79 Å². The van der Waals surface area contributed by atoms with Gasteiger partial charge in [-0.2, -0.15) is 0 Å². The molecule has 0 aromatic rings. The van der Waals surface area contributed by atoms with Crippen LogP contribution in [0.25, 0.3) is 0 Å². The van der Waals surface area contributed by atoms with Crippen molar-refractivity contribution >= 4 is 5.91 Å². The highest BCUT2D eigenvalue weighted by molar-refractivity contribution is 5.80. The van der Waals surface area contributed by atoms with Crippen LogP contribution in [0.15, 0.2) is 0 Å². The minimum absolute atomic E-state index is 0.113. The van der Waals surface area contributed by atoms with Crippen LogP contribution in [-0.2, 0) is 9.53 Å². The molecule has 1 unspecified atom stereocenters. The van der Waals surface area contributed by atoms with E-state index in [1.807, 2.05) is 6.92 Å². The van der Waals surface area contributed by atoms with E-state index in [9.17, 15) is 4.79 Å². The summed E-state index contributed by atoms with van der Waals surface area (Å²) < 4.78 is 4.91. The summed E-state index contributed by atoms with van der Waals surface area (Å²) in [5.41, 5.74) is 5.35. The maximum Gasteiger partial charge on any atom is 0.236 e. The molecule has 0 saturated heterocycles. The third-order valence-electron chi connectivity index (χ3n) is 1.49. The summed E-state index contributed by atoms with van der Waals surface area (Å²) in [5.74, 6) is 0.218. The lowest BCUT2D eigenvalue weighted by atomic mass is 10.2. The Morgan fingerprint density at radius 3 is 2.58 bits per heavy atom. The first-order valence-corrected chi connectivity index (χ1v) is 4.10. The zero-order valence-electron chi connectivity index (χ0n) is 7.96. The van der Waals surface area contributed by atoms with Crippen LogP contribution >= 0.6 is 0 Å². The third-order valence-corrected chi connectivity index (χ3v) is 1.49. The fraction of sp³-hybridized carbons (Fsp3) is 0.875. The van der Waals surface area contributed by atoms with Crippen molar-refractivity contribution in [2.45, 2.75) is 19.9 Å². The number of rotatable bonds is 5. The number of methoxy groups -OCH3 is 1. The number of hydrogen-bond donors (Lipinski definition) is 2. The Morgan fingerprint density at radius 1 is 1.58 bits per heavy atom. The van der Waals surface area contributed by atoms with Crippen LogP contribution in [0, 0.1) is 5.92 Å². The van der Waals surface area contributed by atoms with Gasteiger partial charge in [0, 0.05) is 13.7 Å². The highest BCUT2D eigenvalue weighted by Crippen LogP contribution is 1.92. The van der Waals surface area contributed by atoms with Gasteiger partial charge in [0.2, 0.25) is 5.91 Å². The summed E-state index contributed by atoms with van der Waals surface area (Å²) in [6, 6.07) is -0.431. The molecule has 0 aromatic carbocycles. The number of carbonyl (C=O) groups is 1. The Hall–Kier alpha value is -0.610. The molecule has 3 N–H and O–H groups in total. The van der Waals surface area contributed by atoms with E-state index >= 15 is 0 Å². The average molecular weight is 174 g/mol. The molecule has 4 nitrogen and oxygen atoms in total. The van der Waals surface area contributed by atoms with Crippen LogP contribution in [0.2, 0.25) is 0 Å². The molecular formula is C8H18N2O2. The summed E-state index contributed by atoms with van der Waals surface area (Å²) in [6.45, 7) is 4.94. The standard InChI is InChI=1S/C8H18N2O2/c1-6(5-12-3)4-10-8(11)7(2)9/h6-7H,4-5,9H2,1-3H3,(H,10,11)/t6?,7-/m1/s1. The van der Waals surface area contributed by atoms with Crippen molar-refractivity contribution in [1.82, 2.24) is 5.32 Å². The third kappa shape index (κ3) is 5.09. The van der Waals surface area contributed by atoms with Gasteiger partial charge in [-0.15, -0.1) is 0 Å². The summed E-state index contributed by atoms with van der Waals surface area (Å²) in [7, 11) is 1.64. The van der Waals surface area contributed by atoms with E-state index in [4.69, 9.17) is 10.5 Å². The fourth-order valence-electron chi connectivity index (χ4n) is 0.779. The van der Waals surface area contributed by atoms with E-state index < -0.39 is 6.04 Å². The Balaban J connectivity index is 3.47. The van der Waals surface area contributed by atoms with Crippen LogP contribution in [0.3, 0.4) is 0 Å². The molecule has 0 aliphatic carbocycles. The second kappa shape index (κ2) is 5.97. The molecular weight excluding hydrogens is 156 g/mol. The molecule has 0 rings (SSSR count). The lowest BCUT2D eigenvalue weighted by Gasteiger charge is -2.12. The molecule has 4 heteroatoms. The Kier molecular flexibility index (Phi) is 5.66. The molecule has 72 valence electrons. The average Bonchev–Trinajstić information content (AvgIpc) is 2.00. The topological polar surface area (TPSA) is 64.3 Å². The number of nitrogens with one attached hydrogen (secondary N) is 1. The highest BCUT2D eigenvalue weighted by Gasteiger charge is 2.08. The summed E-state index contributed by atoms with van der Waals surface area (Å²) >= 11 is 0. The molecule has 12 heavy (non-hydrogen) atoms. The molecule has 2 atom stereocenters. The SMILES string of the molecule is COCC(C)CNC(=O)[C@@H](C)N. The maximum atomic E-state index is 11.0. The Labute approximate surface area is 73.5 Å². The first kappa shape index (κ1) is 11.4. The van der Waals surface area contributed by atoms with Crippen molar-refractivity contribution < 1.29 is 9.53 Å². The monoisotopic (exact) mass is 174 g/mol. The van der Waals surface area contributed by atoms with Gasteiger partial charge in [0.25, 0.3) is 0 Å². The number of hydrogen-bond acceptors (Lipinski definition) is 3. The van der Waals surface area contributed by atoms with Crippen LogP contribution < -0.4 is 11.1 Å². The molecule has 0 aromatic heterocycles. The van der Waals surface area contributed by atoms with E-state index in [-0.39, 0.29) is 5.91 Å². The molecule has 0 radical (unpaired) electrons. The van der Waals surface area contributed by atoms with Crippen molar-refractivity contribution in [2.75, 3.05) is 20.3 Å². The van der Waals surface area contributed by atoms with E-state index in [1.54, 1.807) is 14.0 Å². The molecule has 1 amide bonds. The predicted octanol–water partition coefficient (Wildman–Crippen LogP) is -0.268. The van der Waals surface area contributed by atoms with Gasteiger partial charge in [-0.05, 0) is 12.8 Å². The second-order valence-corrected chi connectivity index (χ2v) is 3.09. The van der Waals surface area contributed by atoms with Crippen LogP contribution in [0.5, 0.6) is 0 Å². The summed E-state index contributed by atoms with van der Waals surface area (Å²) in [6.07, 6.45) is 0. The molecule has 0 bridgehead atoms. The Morgan fingerprint density at radius 2 is 2.17 bits per heavy atom. The van der Waals surface area contributed by atoms with Gasteiger partial charge in [0.05, 0.1) is 12.6 Å². The van der Waals surface area contributed by atoms with Gasteiger partial charge >= 0.3 is 0 Å². The van der Waals surface area contributed by atoms with Crippen LogP contribution in [-0.4, -0.2) is 32.2 Å². The molecule has 0 aliphatic rings. The summed E-state index contributed by atoms with van der Waals surface area (Å²) in [5, 5.41) is 2.72. The number of carbonyl (C=O) groups excluding carboxylic acids is 1. The molecule has 0 saturated carbocycles. The normalized spacial score (nSPS) is 15.3. The number of ether oxygens (including phenoxy) is 1. The van der Waals surface area contributed by atoms with E-state index in [0.29, 0.717) is 19.1 Å². The number of amides is 1. The molecule has 0 heterocycles. The quantitative estimate of drug-likeness (QED) is 0.603. The van der Waals surface area contributed by atoms with Gasteiger partial charge in [-0.1, -0.05) is 6.92 Å².